The summed E-state index contributed by atoms with van der Waals surface area (Å²) in [6.07, 6.45) is 5.13. The molecule has 0 saturated heterocycles. The third-order valence-electron chi connectivity index (χ3n) is 2.56. The molecular formula is C12H26O4. The maximum atomic E-state index is 9.26. The second kappa shape index (κ2) is 11.3. The van der Waals surface area contributed by atoms with Crippen molar-refractivity contribution in [1.29, 1.82) is 0 Å². The monoisotopic (exact) mass is 234 g/mol. The van der Waals surface area contributed by atoms with Crippen LogP contribution >= 0.6 is 0 Å². The molecule has 16 heavy (non-hydrogen) atoms. The third kappa shape index (κ3) is 9.09. The van der Waals surface area contributed by atoms with Crippen molar-refractivity contribution in [3.05, 3.63) is 0 Å². The molecule has 0 aliphatic carbocycles. The first-order valence-corrected chi connectivity index (χ1v) is 6.27. The molecule has 4 nitrogen and oxygen atoms in total. The van der Waals surface area contributed by atoms with Gasteiger partial charge in [-0.1, -0.05) is 39.0 Å². The zero-order valence-corrected chi connectivity index (χ0v) is 10.3. The Kier molecular flexibility index (Phi) is 11.2. The summed E-state index contributed by atoms with van der Waals surface area (Å²) in [4.78, 5) is 0. The summed E-state index contributed by atoms with van der Waals surface area (Å²) in [6.45, 7) is 2.47. The molecule has 98 valence electrons. The topological polar surface area (TPSA) is 69.9 Å². The first-order valence-electron chi connectivity index (χ1n) is 6.27. The molecule has 0 aliphatic rings. The van der Waals surface area contributed by atoms with Gasteiger partial charge in [0.2, 0.25) is 0 Å². The Labute approximate surface area is 98.2 Å². The van der Waals surface area contributed by atoms with E-state index >= 15 is 0 Å². The van der Waals surface area contributed by atoms with Gasteiger partial charge in [-0.2, -0.15) is 0 Å². The molecule has 2 atom stereocenters. The zero-order chi connectivity index (χ0) is 12.2. The van der Waals surface area contributed by atoms with E-state index in [0.717, 1.165) is 12.8 Å². The standard InChI is InChI=1S/C12H26O4/c1-2-3-4-5-6-7-8-16-10-12(15)11(14)9-13/h11-15H,2-10H2,1H3/t11-,12-/m1/s1. The molecule has 0 aromatic heterocycles. The lowest BCUT2D eigenvalue weighted by Crippen LogP contribution is -2.33. The van der Waals surface area contributed by atoms with Gasteiger partial charge in [-0.3, -0.25) is 0 Å². The van der Waals surface area contributed by atoms with Crippen LogP contribution in [0.25, 0.3) is 0 Å². The van der Waals surface area contributed by atoms with E-state index < -0.39 is 18.8 Å². The molecule has 0 heterocycles. The van der Waals surface area contributed by atoms with Gasteiger partial charge in [-0.15, -0.1) is 0 Å². The van der Waals surface area contributed by atoms with Gasteiger partial charge in [0.15, 0.2) is 0 Å². The van der Waals surface area contributed by atoms with Crippen molar-refractivity contribution < 1.29 is 20.1 Å². The lowest BCUT2D eigenvalue weighted by molar-refractivity contribution is -0.0571. The number of unbranched alkanes of at least 4 members (excludes halogenated alkanes) is 5. The maximum absolute atomic E-state index is 9.26. The van der Waals surface area contributed by atoms with E-state index in [2.05, 4.69) is 6.92 Å². The fraction of sp³-hybridized carbons (Fsp3) is 1.00. The predicted octanol–water partition coefficient (Wildman–Crippen LogP) is 1.08. The number of ether oxygens (including phenoxy) is 1. The van der Waals surface area contributed by atoms with Crippen molar-refractivity contribution in [1.82, 2.24) is 0 Å². The summed E-state index contributed by atoms with van der Waals surface area (Å²) < 4.78 is 5.20. The van der Waals surface area contributed by atoms with Crippen LogP contribution in [0.2, 0.25) is 0 Å². The molecule has 0 spiro atoms. The summed E-state index contributed by atoms with van der Waals surface area (Å²) in [7, 11) is 0. The number of rotatable bonds is 11. The minimum absolute atomic E-state index is 0.0939. The van der Waals surface area contributed by atoms with Crippen LogP contribution in [0.3, 0.4) is 0 Å². The van der Waals surface area contributed by atoms with Crippen molar-refractivity contribution >= 4 is 0 Å². The summed E-state index contributed by atoms with van der Waals surface area (Å²) in [6, 6.07) is 0. The number of hydrogen-bond donors (Lipinski definition) is 3. The molecule has 0 fully saturated rings. The molecule has 0 aromatic carbocycles. The van der Waals surface area contributed by atoms with E-state index in [-0.39, 0.29) is 6.61 Å². The van der Waals surface area contributed by atoms with E-state index in [0.29, 0.717) is 6.61 Å². The smallest absolute Gasteiger partial charge is 0.105 e. The Morgan fingerprint density at radius 1 is 0.938 bits per heavy atom. The Bertz CT molecular complexity index is 141. The first kappa shape index (κ1) is 15.8. The highest BCUT2D eigenvalue weighted by Crippen LogP contribution is 2.05. The molecule has 3 N–H and O–H groups in total. The summed E-state index contributed by atoms with van der Waals surface area (Å²) in [5, 5.41) is 26.9. The molecule has 4 heteroatoms. The normalized spacial score (nSPS) is 15.0. The Hall–Kier alpha value is -0.160. The van der Waals surface area contributed by atoms with Crippen LogP contribution in [0.5, 0.6) is 0 Å². The summed E-state index contributed by atoms with van der Waals surface area (Å²) in [5.74, 6) is 0. The van der Waals surface area contributed by atoms with Crippen LogP contribution in [0.1, 0.15) is 45.4 Å². The maximum Gasteiger partial charge on any atom is 0.105 e. The Morgan fingerprint density at radius 2 is 1.56 bits per heavy atom. The number of aliphatic hydroxyl groups excluding tert-OH is 3. The van der Waals surface area contributed by atoms with Gasteiger partial charge in [0.1, 0.15) is 12.2 Å². The van der Waals surface area contributed by atoms with Crippen LogP contribution in [-0.4, -0.2) is 47.3 Å². The van der Waals surface area contributed by atoms with Crippen LogP contribution in [0.4, 0.5) is 0 Å². The lowest BCUT2D eigenvalue weighted by atomic mass is 10.1. The van der Waals surface area contributed by atoms with E-state index in [9.17, 15) is 5.11 Å². The second-order valence-electron chi connectivity index (χ2n) is 4.16. The molecule has 0 saturated carbocycles. The second-order valence-corrected chi connectivity index (χ2v) is 4.16. The van der Waals surface area contributed by atoms with Gasteiger partial charge in [0.05, 0.1) is 13.2 Å². The van der Waals surface area contributed by atoms with Gasteiger partial charge in [0, 0.05) is 6.61 Å². The third-order valence-corrected chi connectivity index (χ3v) is 2.56. The van der Waals surface area contributed by atoms with E-state index in [1.807, 2.05) is 0 Å². The average Bonchev–Trinajstić information content (AvgIpc) is 2.31. The van der Waals surface area contributed by atoms with Crippen molar-refractivity contribution in [2.24, 2.45) is 0 Å². The highest BCUT2D eigenvalue weighted by Gasteiger charge is 2.14. The van der Waals surface area contributed by atoms with Gasteiger partial charge in [0.25, 0.3) is 0 Å². The minimum atomic E-state index is -1.09. The molecule has 0 aliphatic heterocycles. The lowest BCUT2D eigenvalue weighted by Gasteiger charge is -2.15. The fourth-order valence-electron chi connectivity index (χ4n) is 1.42. The summed E-state index contributed by atoms with van der Waals surface area (Å²) in [5.41, 5.74) is 0. The van der Waals surface area contributed by atoms with Gasteiger partial charge < -0.3 is 20.1 Å². The Morgan fingerprint density at radius 3 is 2.19 bits per heavy atom. The van der Waals surface area contributed by atoms with Crippen molar-refractivity contribution in [2.45, 2.75) is 57.7 Å². The minimum Gasteiger partial charge on any atom is -0.394 e. The van der Waals surface area contributed by atoms with Crippen molar-refractivity contribution in [3.63, 3.8) is 0 Å². The van der Waals surface area contributed by atoms with Crippen LogP contribution in [0, 0.1) is 0 Å². The molecule has 0 amide bonds. The van der Waals surface area contributed by atoms with Gasteiger partial charge in [-0.05, 0) is 6.42 Å². The highest BCUT2D eigenvalue weighted by molar-refractivity contribution is 4.64. The van der Waals surface area contributed by atoms with E-state index in [1.165, 1.54) is 25.7 Å². The molecule has 0 radical (unpaired) electrons. The van der Waals surface area contributed by atoms with Crippen LogP contribution in [0.15, 0.2) is 0 Å². The van der Waals surface area contributed by atoms with Gasteiger partial charge >= 0.3 is 0 Å². The Balaban J connectivity index is 3.14. The molecule has 0 aromatic rings. The van der Waals surface area contributed by atoms with Crippen molar-refractivity contribution in [2.75, 3.05) is 19.8 Å². The van der Waals surface area contributed by atoms with Crippen molar-refractivity contribution in [3.8, 4) is 0 Å². The first-order chi connectivity index (χ1) is 7.72. The van der Waals surface area contributed by atoms with E-state index in [4.69, 9.17) is 14.9 Å². The molecule has 0 unspecified atom stereocenters. The summed E-state index contributed by atoms with van der Waals surface area (Å²) >= 11 is 0. The molecular weight excluding hydrogens is 208 g/mol. The highest BCUT2D eigenvalue weighted by atomic mass is 16.5. The van der Waals surface area contributed by atoms with Crippen LogP contribution < -0.4 is 0 Å². The van der Waals surface area contributed by atoms with Gasteiger partial charge in [-0.25, -0.2) is 0 Å². The molecule has 0 rings (SSSR count). The molecule has 0 bridgehead atoms. The fourth-order valence-corrected chi connectivity index (χ4v) is 1.42. The average molecular weight is 234 g/mol. The zero-order valence-electron chi connectivity index (χ0n) is 10.3. The SMILES string of the molecule is CCCCCCCCOC[C@@H](O)[C@H](O)CO. The quantitative estimate of drug-likeness (QED) is 0.468. The predicted molar refractivity (Wildman–Crippen MR) is 63.3 cm³/mol. The number of aliphatic hydroxyl groups is 3. The van der Waals surface area contributed by atoms with E-state index in [1.54, 1.807) is 0 Å². The largest absolute Gasteiger partial charge is 0.394 e. The van der Waals surface area contributed by atoms with Crippen LogP contribution in [-0.2, 0) is 4.74 Å². The number of hydrogen-bond acceptors (Lipinski definition) is 4.